The predicted molar refractivity (Wildman–Crippen MR) is 112 cm³/mol. The van der Waals surface area contributed by atoms with E-state index < -0.39 is 29.7 Å². The molecule has 0 radical (unpaired) electrons. The van der Waals surface area contributed by atoms with Gasteiger partial charge in [0, 0.05) is 12.1 Å². The molecule has 0 aliphatic carbocycles. The molecule has 2 fully saturated rings. The van der Waals surface area contributed by atoms with Gasteiger partial charge in [0.1, 0.15) is 11.7 Å². The molecule has 3 N–H and O–H groups in total. The normalized spacial score (nSPS) is 21.6. The van der Waals surface area contributed by atoms with E-state index in [-0.39, 0.29) is 24.0 Å². The topological polar surface area (TPSA) is 138 Å². The van der Waals surface area contributed by atoms with Gasteiger partial charge >= 0.3 is 0 Å². The van der Waals surface area contributed by atoms with Crippen molar-refractivity contribution in [2.75, 3.05) is 18.4 Å². The zero-order chi connectivity index (χ0) is 22.2. The Bertz CT molecular complexity index is 1110. The van der Waals surface area contributed by atoms with E-state index in [0.29, 0.717) is 18.3 Å². The Balaban J connectivity index is 1.27. The molecule has 4 amide bonds. The largest absolute Gasteiger partial charge is 0.379 e. The summed E-state index contributed by atoms with van der Waals surface area (Å²) in [6.07, 6.45) is 4.18. The number of piperidine rings is 2. The summed E-state index contributed by atoms with van der Waals surface area (Å²) < 4.78 is 1.90. The van der Waals surface area contributed by atoms with Crippen LogP contribution in [0.1, 0.15) is 58.1 Å². The predicted octanol–water partition coefficient (Wildman–Crippen LogP) is 0.216. The van der Waals surface area contributed by atoms with Gasteiger partial charge in [0.2, 0.25) is 11.8 Å². The standard InChI is InChI=1S/C21H23N7O4/c29-18-4-3-17(19(30)24-18)28-20(31)15-2-1-12(9-16(15)21(28)32)23-10-13-11-27(26-25-13)14-5-7-22-8-6-14/h1-2,9,11,14,17,22-23H,3-8,10H2,(H,24,29,30). The number of hydrogen-bond acceptors (Lipinski definition) is 8. The third-order valence-corrected chi connectivity index (χ3v) is 6.15. The van der Waals surface area contributed by atoms with E-state index >= 15 is 0 Å². The molecule has 11 heteroatoms. The minimum Gasteiger partial charge on any atom is -0.379 e. The molecule has 3 aliphatic heterocycles. The van der Waals surface area contributed by atoms with Gasteiger partial charge in [-0.1, -0.05) is 5.21 Å². The molecule has 3 aliphatic rings. The van der Waals surface area contributed by atoms with Gasteiger partial charge in [-0.3, -0.25) is 29.4 Å². The summed E-state index contributed by atoms with van der Waals surface area (Å²) in [6.45, 7) is 2.36. The fraction of sp³-hybridized carbons (Fsp3) is 0.429. The van der Waals surface area contributed by atoms with E-state index in [0.717, 1.165) is 36.5 Å². The molecular formula is C21H23N7O4. The van der Waals surface area contributed by atoms with Crippen molar-refractivity contribution in [2.45, 2.75) is 44.3 Å². The number of amides is 4. The van der Waals surface area contributed by atoms with Crippen LogP contribution in [0.2, 0.25) is 0 Å². The van der Waals surface area contributed by atoms with Crippen molar-refractivity contribution in [3.05, 3.63) is 41.2 Å². The Hall–Kier alpha value is -3.60. The van der Waals surface area contributed by atoms with E-state index in [1.165, 1.54) is 0 Å². The number of aromatic nitrogens is 3. The molecule has 166 valence electrons. The van der Waals surface area contributed by atoms with Gasteiger partial charge in [-0.05, 0) is 50.6 Å². The summed E-state index contributed by atoms with van der Waals surface area (Å²) >= 11 is 0. The van der Waals surface area contributed by atoms with E-state index in [4.69, 9.17) is 0 Å². The van der Waals surface area contributed by atoms with Crippen molar-refractivity contribution in [2.24, 2.45) is 0 Å². The number of anilines is 1. The SMILES string of the molecule is O=C1CCC(N2C(=O)c3ccc(NCc4cn(C5CCNCC5)nn4)cc3C2=O)C(=O)N1. The molecule has 0 spiro atoms. The first-order chi connectivity index (χ1) is 15.5. The van der Waals surface area contributed by atoms with Crippen LogP contribution < -0.4 is 16.0 Å². The van der Waals surface area contributed by atoms with Crippen LogP contribution >= 0.6 is 0 Å². The zero-order valence-corrected chi connectivity index (χ0v) is 17.3. The number of nitrogens with zero attached hydrogens (tertiary/aromatic N) is 4. The molecule has 1 aromatic heterocycles. The molecular weight excluding hydrogens is 414 g/mol. The summed E-state index contributed by atoms with van der Waals surface area (Å²) in [5.41, 5.74) is 1.92. The second-order valence-corrected chi connectivity index (χ2v) is 8.23. The number of benzene rings is 1. The lowest BCUT2D eigenvalue weighted by Crippen LogP contribution is -2.54. The monoisotopic (exact) mass is 437 g/mol. The zero-order valence-electron chi connectivity index (χ0n) is 17.3. The molecule has 32 heavy (non-hydrogen) atoms. The minimum absolute atomic E-state index is 0.0919. The van der Waals surface area contributed by atoms with Crippen molar-refractivity contribution < 1.29 is 19.2 Å². The fourth-order valence-electron chi connectivity index (χ4n) is 4.42. The van der Waals surface area contributed by atoms with E-state index in [9.17, 15) is 19.2 Å². The lowest BCUT2D eigenvalue weighted by atomic mass is 10.0. The summed E-state index contributed by atoms with van der Waals surface area (Å²) in [5, 5.41) is 17.2. The van der Waals surface area contributed by atoms with Gasteiger partial charge in [0.15, 0.2) is 0 Å². The number of carbonyl (C=O) groups is 4. The molecule has 0 saturated carbocycles. The van der Waals surface area contributed by atoms with Crippen LogP contribution in [0.5, 0.6) is 0 Å². The highest BCUT2D eigenvalue weighted by atomic mass is 16.2. The van der Waals surface area contributed by atoms with Gasteiger partial charge in [-0.25, -0.2) is 4.68 Å². The maximum Gasteiger partial charge on any atom is 0.262 e. The molecule has 1 unspecified atom stereocenters. The lowest BCUT2D eigenvalue weighted by molar-refractivity contribution is -0.136. The molecule has 2 saturated heterocycles. The number of fused-ring (bicyclic) bond motifs is 1. The second-order valence-electron chi connectivity index (χ2n) is 8.23. The average Bonchev–Trinajstić information content (AvgIpc) is 3.37. The Morgan fingerprint density at radius 1 is 1.03 bits per heavy atom. The first-order valence-electron chi connectivity index (χ1n) is 10.7. The number of rotatable bonds is 5. The van der Waals surface area contributed by atoms with Crippen molar-refractivity contribution in [3.63, 3.8) is 0 Å². The number of nitrogens with one attached hydrogen (secondary N) is 3. The minimum atomic E-state index is -0.971. The third kappa shape index (κ3) is 3.64. The van der Waals surface area contributed by atoms with Crippen molar-refractivity contribution in [3.8, 4) is 0 Å². The molecule has 2 aromatic rings. The summed E-state index contributed by atoms with van der Waals surface area (Å²) in [7, 11) is 0. The fourth-order valence-corrected chi connectivity index (χ4v) is 4.42. The smallest absolute Gasteiger partial charge is 0.262 e. The molecule has 11 nitrogen and oxygen atoms in total. The lowest BCUT2D eigenvalue weighted by Gasteiger charge is -2.27. The van der Waals surface area contributed by atoms with Crippen LogP contribution in [0.3, 0.4) is 0 Å². The van der Waals surface area contributed by atoms with Crippen molar-refractivity contribution in [1.82, 2.24) is 30.5 Å². The van der Waals surface area contributed by atoms with E-state index in [2.05, 4.69) is 26.3 Å². The van der Waals surface area contributed by atoms with Crippen molar-refractivity contribution >= 4 is 29.3 Å². The maximum atomic E-state index is 12.9. The Morgan fingerprint density at radius 3 is 2.59 bits per heavy atom. The van der Waals surface area contributed by atoms with Gasteiger partial charge in [0.25, 0.3) is 11.8 Å². The van der Waals surface area contributed by atoms with Gasteiger partial charge in [-0.15, -0.1) is 5.10 Å². The summed E-state index contributed by atoms with van der Waals surface area (Å²) in [4.78, 5) is 50.2. The third-order valence-electron chi connectivity index (χ3n) is 6.15. The molecule has 1 atom stereocenters. The van der Waals surface area contributed by atoms with Crippen LogP contribution in [0.15, 0.2) is 24.4 Å². The number of carbonyl (C=O) groups excluding carboxylic acids is 4. The average molecular weight is 437 g/mol. The summed E-state index contributed by atoms with van der Waals surface area (Å²) in [6, 6.07) is 4.28. The molecule has 1 aromatic carbocycles. The second kappa shape index (κ2) is 8.15. The van der Waals surface area contributed by atoms with E-state index in [1.54, 1.807) is 18.2 Å². The maximum absolute atomic E-state index is 12.9. The Morgan fingerprint density at radius 2 is 1.81 bits per heavy atom. The first-order valence-corrected chi connectivity index (χ1v) is 10.7. The first kappa shape index (κ1) is 20.3. The van der Waals surface area contributed by atoms with Gasteiger partial charge in [0.05, 0.1) is 29.9 Å². The van der Waals surface area contributed by atoms with Gasteiger partial charge < -0.3 is 10.6 Å². The van der Waals surface area contributed by atoms with Crippen LogP contribution in [0.4, 0.5) is 5.69 Å². The highest BCUT2D eigenvalue weighted by molar-refractivity contribution is 6.23. The van der Waals surface area contributed by atoms with Crippen LogP contribution in [0, 0.1) is 0 Å². The highest BCUT2D eigenvalue weighted by Gasteiger charge is 2.44. The molecule has 0 bridgehead atoms. The number of imide groups is 2. The highest BCUT2D eigenvalue weighted by Crippen LogP contribution is 2.29. The van der Waals surface area contributed by atoms with E-state index in [1.807, 2.05) is 10.9 Å². The Kier molecular flexibility index (Phi) is 5.17. The number of hydrogen-bond donors (Lipinski definition) is 3. The van der Waals surface area contributed by atoms with Crippen molar-refractivity contribution in [1.29, 1.82) is 0 Å². The quantitative estimate of drug-likeness (QED) is 0.565. The molecule has 5 rings (SSSR count). The molecule has 4 heterocycles. The van der Waals surface area contributed by atoms with Crippen LogP contribution in [0.25, 0.3) is 0 Å². The summed E-state index contributed by atoms with van der Waals surface area (Å²) in [5.74, 6) is -2.06. The Labute approximate surface area is 183 Å². The van der Waals surface area contributed by atoms with Crippen LogP contribution in [-0.4, -0.2) is 62.7 Å². The van der Waals surface area contributed by atoms with Gasteiger partial charge in [-0.2, -0.15) is 0 Å². The van der Waals surface area contributed by atoms with Crippen LogP contribution in [-0.2, 0) is 16.1 Å².